The van der Waals surface area contributed by atoms with E-state index in [0.29, 0.717) is 17.8 Å². The van der Waals surface area contributed by atoms with Gasteiger partial charge in [-0.2, -0.15) is 0 Å². The molecule has 1 atom stereocenters. The minimum Gasteiger partial charge on any atom is -0.465 e. The molecule has 0 aromatic rings. The fraction of sp³-hybridized carbons (Fsp3) is 0.364. The number of hydrogen-bond acceptors (Lipinski definition) is 4. The van der Waals surface area contributed by atoms with E-state index in [-0.39, 0.29) is 12.6 Å². The molecular weight excluding hydrogens is 196 g/mol. The normalized spacial score (nSPS) is 29.0. The van der Waals surface area contributed by atoms with Gasteiger partial charge < -0.3 is 14.2 Å². The van der Waals surface area contributed by atoms with Crippen molar-refractivity contribution < 1.29 is 19.0 Å². The van der Waals surface area contributed by atoms with E-state index in [1.165, 1.54) is 13.2 Å². The topological polar surface area (TPSA) is 44.8 Å². The standard InChI is InChI=1S/C11H12O4/c1-3-4-8-9(12)5-6-11(13-2)10(8)14-7-15-11/h3,5-6H,1,4,7H2,2H3. The summed E-state index contributed by atoms with van der Waals surface area (Å²) in [4.78, 5) is 11.6. The predicted octanol–water partition coefficient (Wildman–Crippen LogP) is 1.30. The van der Waals surface area contributed by atoms with Crippen molar-refractivity contribution in [3.05, 3.63) is 36.1 Å². The van der Waals surface area contributed by atoms with Crippen LogP contribution in [0.4, 0.5) is 0 Å². The van der Waals surface area contributed by atoms with E-state index in [0.717, 1.165) is 0 Å². The molecule has 0 N–H and O–H groups in total. The van der Waals surface area contributed by atoms with Crippen LogP contribution in [0.2, 0.25) is 0 Å². The van der Waals surface area contributed by atoms with Crippen LogP contribution in [0.1, 0.15) is 6.42 Å². The highest BCUT2D eigenvalue weighted by Crippen LogP contribution is 2.37. The third kappa shape index (κ3) is 1.42. The summed E-state index contributed by atoms with van der Waals surface area (Å²) in [6.07, 6.45) is 5.12. The SMILES string of the molecule is C=CCC1=C2OCOC2(OC)C=CC1=O. The summed E-state index contributed by atoms with van der Waals surface area (Å²) in [5, 5.41) is 0. The molecule has 0 amide bonds. The second kappa shape index (κ2) is 3.64. The number of ether oxygens (including phenoxy) is 3. The third-order valence-electron chi connectivity index (χ3n) is 2.47. The van der Waals surface area contributed by atoms with Gasteiger partial charge in [0.15, 0.2) is 18.3 Å². The molecule has 0 spiro atoms. The van der Waals surface area contributed by atoms with Crippen molar-refractivity contribution in [1.82, 2.24) is 0 Å². The van der Waals surface area contributed by atoms with Gasteiger partial charge in [0.25, 0.3) is 5.79 Å². The summed E-state index contributed by atoms with van der Waals surface area (Å²) in [7, 11) is 1.51. The summed E-state index contributed by atoms with van der Waals surface area (Å²) in [6, 6.07) is 0. The van der Waals surface area contributed by atoms with Gasteiger partial charge in [-0.3, -0.25) is 4.79 Å². The molecule has 0 aromatic heterocycles. The van der Waals surface area contributed by atoms with E-state index >= 15 is 0 Å². The molecule has 4 heteroatoms. The van der Waals surface area contributed by atoms with Gasteiger partial charge in [0.1, 0.15) is 0 Å². The predicted molar refractivity (Wildman–Crippen MR) is 52.8 cm³/mol. The zero-order chi connectivity index (χ0) is 10.9. The molecule has 80 valence electrons. The van der Waals surface area contributed by atoms with Crippen molar-refractivity contribution in [1.29, 1.82) is 0 Å². The molecule has 0 aromatic carbocycles. The molecule has 0 bridgehead atoms. The van der Waals surface area contributed by atoms with Crippen LogP contribution in [0, 0.1) is 0 Å². The second-order valence-electron chi connectivity index (χ2n) is 3.28. The summed E-state index contributed by atoms with van der Waals surface area (Å²) >= 11 is 0. The summed E-state index contributed by atoms with van der Waals surface area (Å²) in [6.45, 7) is 3.70. The lowest BCUT2D eigenvalue weighted by Crippen LogP contribution is -2.34. The number of ketones is 1. The van der Waals surface area contributed by atoms with Crippen LogP contribution in [0.25, 0.3) is 0 Å². The lowest BCUT2D eigenvalue weighted by Gasteiger charge is -2.25. The quantitative estimate of drug-likeness (QED) is 0.656. The summed E-state index contributed by atoms with van der Waals surface area (Å²) in [5.74, 6) is -0.632. The number of methoxy groups -OCH3 is 1. The minimum absolute atomic E-state index is 0.0805. The highest BCUT2D eigenvalue weighted by molar-refractivity contribution is 6.06. The maximum Gasteiger partial charge on any atom is 0.251 e. The Bertz CT molecular complexity index is 367. The van der Waals surface area contributed by atoms with Crippen molar-refractivity contribution >= 4 is 5.78 Å². The van der Waals surface area contributed by atoms with E-state index in [4.69, 9.17) is 14.2 Å². The van der Waals surface area contributed by atoms with Gasteiger partial charge in [-0.1, -0.05) is 6.08 Å². The number of allylic oxidation sites excluding steroid dienone is 3. The average molecular weight is 208 g/mol. The Hall–Kier alpha value is -1.39. The molecule has 4 nitrogen and oxygen atoms in total. The van der Waals surface area contributed by atoms with Crippen molar-refractivity contribution in [2.45, 2.75) is 12.2 Å². The van der Waals surface area contributed by atoms with E-state index in [1.54, 1.807) is 12.2 Å². The van der Waals surface area contributed by atoms with Crippen LogP contribution in [0.15, 0.2) is 36.1 Å². The molecule has 1 unspecified atom stereocenters. The van der Waals surface area contributed by atoms with Gasteiger partial charge in [-0.15, -0.1) is 6.58 Å². The molecule has 1 saturated heterocycles. The van der Waals surface area contributed by atoms with Crippen molar-refractivity contribution in [2.75, 3.05) is 13.9 Å². The second-order valence-corrected chi connectivity index (χ2v) is 3.28. The largest absolute Gasteiger partial charge is 0.465 e. The summed E-state index contributed by atoms with van der Waals surface area (Å²) in [5.41, 5.74) is 0.548. The van der Waals surface area contributed by atoms with Crippen LogP contribution in [0.3, 0.4) is 0 Å². The third-order valence-corrected chi connectivity index (χ3v) is 2.47. The van der Waals surface area contributed by atoms with E-state index in [2.05, 4.69) is 6.58 Å². The van der Waals surface area contributed by atoms with E-state index < -0.39 is 5.79 Å². The van der Waals surface area contributed by atoms with Crippen molar-refractivity contribution in [3.8, 4) is 0 Å². The molecular formula is C11H12O4. The molecule has 0 radical (unpaired) electrons. The van der Waals surface area contributed by atoms with Gasteiger partial charge in [0.05, 0.1) is 0 Å². The van der Waals surface area contributed by atoms with E-state index in [9.17, 15) is 4.79 Å². The molecule has 1 aliphatic heterocycles. The van der Waals surface area contributed by atoms with Crippen LogP contribution < -0.4 is 0 Å². The number of rotatable bonds is 3. The highest BCUT2D eigenvalue weighted by atomic mass is 16.8. The van der Waals surface area contributed by atoms with Crippen LogP contribution in [-0.4, -0.2) is 25.5 Å². The molecule has 1 fully saturated rings. The number of fused-ring (bicyclic) bond motifs is 1. The van der Waals surface area contributed by atoms with Crippen LogP contribution >= 0.6 is 0 Å². The first-order valence-corrected chi connectivity index (χ1v) is 4.63. The smallest absolute Gasteiger partial charge is 0.251 e. The molecule has 2 rings (SSSR count). The van der Waals surface area contributed by atoms with Crippen molar-refractivity contribution in [3.63, 3.8) is 0 Å². The summed E-state index contributed by atoms with van der Waals surface area (Å²) < 4.78 is 15.9. The Morgan fingerprint density at radius 1 is 1.73 bits per heavy atom. The average Bonchev–Trinajstić information content (AvgIpc) is 2.67. The zero-order valence-electron chi connectivity index (χ0n) is 8.49. The fourth-order valence-corrected chi connectivity index (χ4v) is 1.72. The Morgan fingerprint density at radius 3 is 3.20 bits per heavy atom. The van der Waals surface area contributed by atoms with Gasteiger partial charge in [0.2, 0.25) is 0 Å². The molecule has 2 aliphatic rings. The Balaban J connectivity index is 2.47. The maximum atomic E-state index is 11.6. The number of carbonyl (C=O) groups excluding carboxylic acids is 1. The fourth-order valence-electron chi connectivity index (χ4n) is 1.72. The van der Waals surface area contributed by atoms with Gasteiger partial charge in [-0.05, 0) is 18.6 Å². The first-order valence-electron chi connectivity index (χ1n) is 4.63. The molecule has 1 aliphatic carbocycles. The monoisotopic (exact) mass is 208 g/mol. The minimum atomic E-state index is -1.01. The Morgan fingerprint density at radius 2 is 2.53 bits per heavy atom. The molecule has 15 heavy (non-hydrogen) atoms. The number of carbonyl (C=O) groups is 1. The van der Waals surface area contributed by atoms with Crippen LogP contribution in [-0.2, 0) is 19.0 Å². The first-order chi connectivity index (χ1) is 7.23. The lowest BCUT2D eigenvalue weighted by atomic mass is 9.96. The Labute approximate surface area is 87.8 Å². The molecule has 0 saturated carbocycles. The Kier molecular flexibility index (Phi) is 2.46. The maximum absolute atomic E-state index is 11.6. The number of hydrogen-bond donors (Lipinski definition) is 0. The zero-order valence-corrected chi connectivity index (χ0v) is 8.49. The van der Waals surface area contributed by atoms with Crippen LogP contribution in [0.5, 0.6) is 0 Å². The first kappa shape index (κ1) is 10.1. The molecule has 1 heterocycles. The van der Waals surface area contributed by atoms with Gasteiger partial charge in [-0.25, -0.2) is 0 Å². The van der Waals surface area contributed by atoms with Gasteiger partial charge >= 0.3 is 0 Å². The lowest BCUT2D eigenvalue weighted by molar-refractivity contribution is -0.141. The van der Waals surface area contributed by atoms with Crippen molar-refractivity contribution in [2.24, 2.45) is 0 Å². The van der Waals surface area contributed by atoms with E-state index in [1.807, 2.05) is 0 Å². The van der Waals surface area contributed by atoms with Gasteiger partial charge in [0, 0.05) is 12.7 Å². The highest BCUT2D eigenvalue weighted by Gasteiger charge is 2.45.